The van der Waals surface area contributed by atoms with Crippen molar-refractivity contribution in [3.63, 3.8) is 0 Å². The van der Waals surface area contributed by atoms with Crippen LogP contribution >= 0.6 is 0 Å². The summed E-state index contributed by atoms with van der Waals surface area (Å²) >= 11 is 0. The summed E-state index contributed by atoms with van der Waals surface area (Å²) in [6.07, 6.45) is 7.02. The third kappa shape index (κ3) is 2.53. The van der Waals surface area contributed by atoms with Crippen molar-refractivity contribution in [2.24, 2.45) is 5.92 Å². The molecule has 0 saturated heterocycles. The van der Waals surface area contributed by atoms with Crippen LogP contribution in [-0.4, -0.2) is 14.1 Å². The number of para-hydroxylation sites is 1. The van der Waals surface area contributed by atoms with E-state index in [1.807, 2.05) is 0 Å². The molecule has 0 bridgehead atoms. The van der Waals surface area contributed by atoms with E-state index in [1.165, 1.54) is 43.4 Å². The largest absolute Gasteiger partial charge is 0.377 e. The third-order valence-electron chi connectivity index (χ3n) is 3.46. The standard InChI is InChI=1S/C14H21N/c1-15(2)14-10-6-5-9-13(14)11-12-7-3-4-8-12/h5-6,9-10,12H,3-4,7-8,11H2,1-2H3. The molecule has 1 saturated carbocycles. The summed E-state index contributed by atoms with van der Waals surface area (Å²) in [6.45, 7) is 0. The molecule has 0 aromatic heterocycles. The van der Waals surface area contributed by atoms with Crippen molar-refractivity contribution in [1.82, 2.24) is 0 Å². The zero-order valence-electron chi connectivity index (χ0n) is 9.87. The van der Waals surface area contributed by atoms with Gasteiger partial charge < -0.3 is 4.90 Å². The molecule has 0 spiro atoms. The van der Waals surface area contributed by atoms with Crippen LogP contribution in [0, 0.1) is 5.92 Å². The lowest BCUT2D eigenvalue weighted by Crippen LogP contribution is -2.12. The van der Waals surface area contributed by atoms with Crippen LogP contribution < -0.4 is 4.90 Å². The van der Waals surface area contributed by atoms with E-state index in [1.54, 1.807) is 0 Å². The van der Waals surface area contributed by atoms with E-state index in [2.05, 4.69) is 43.3 Å². The molecular formula is C14H21N. The minimum atomic E-state index is 0.936. The maximum atomic E-state index is 2.29. The zero-order valence-corrected chi connectivity index (χ0v) is 9.87. The molecule has 1 aromatic rings. The fourth-order valence-corrected chi connectivity index (χ4v) is 2.65. The summed E-state index contributed by atoms with van der Waals surface area (Å²) in [5.74, 6) is 0.936. The summed E-state index contributed by atoms with van der Waals surface area (Å²) < 4.78 is 0. The van der Waals surface area contributed by atoms with Crippen LogP contribution in [0.25, 0.3) is 0 Å². The molecule has 1 nitrogen and oxygen atoms in total. The Kier molecular flexibility index (Phi) is 3.30. The van der Waals surface area contributed by atoms with Gasteiger partial charge in [-0.1, -0.05) is 43.9 Å². The highest BCUT2D eigenvalue weighted by Gasteiger charge is 2.16. The number of hydrogen-bond donors (Lipinski definition) is 0. The van der Waals surface area contributed by atoms with Crippen molar-refractivity contribution < 1.29 is 0 Å². The molecule has 2 rings (SSSR count). The molecule has 1 aliphatic carbocycles. The molecule has 15 heavy (non-hydrogen) atoms. The van der Waals surface area contributed by atoms with Gasteiger partial charge in [0.25, 0.3) is 0 Å². The zero-order chi connectivity index (χ0) is 10.7. The van der Waals surface area contributed by atoms with E-state index in [9.17, 15) is 0 Å². The van der Waals surface area contributed by atoms with Crippen LogP contribution in [0.3, 0.4) is 0 Å². The van der Waals surface area contributed by atoms with E-state index in [0.717, 1.165) is 5.92 Å². The predicted molar refractivity (Wildman–Crippen MR) is 66.4 cm³/mol. The van der Waals surface area contributed by atoms with Crippen molar-refractivity contribution in [2.75, 3.05) is 19.0 Å². The van der Waals surface area contributed by atoms with Gasteiger partial charge in [0.15, 0.2) is 0 Å². The van der Waals surface area contributed by atoms with Gasteiger partial charge in [0.05, 0.1) is 0 Å². The second-order valence-electron chi connectivity index (χ2n) is 4.88. The number of anilines is 1. The SMILES string of the molecule is CN(C)c1ccccc1CC1CCCC1. The van der Waals surface area contributed by atoms with Gasteiger partial charge in [0.1, 0.15) is 0 Å². The van der Waals surface area contributed by atoms with Crippen LogP contribution in [0.15, 0.2) is 24.3 Å². The van der Waals surface area contributed by atoms with E-state index in [0.29, 0.717) is 0 Å². The van der Waals surface area contributed by atoms with Gasteiger partial charge in [-0.2, -0.15) is 0 Å². The molecule has 0 aliphatic heterocycles. The van der Waals surface area contributed by atoms with Gasteiger partial charge >= 0.3 is 0 Å². The minimum absolute atomic E-state index is 0.936. The van der Waals surface area contributed by atoms with Gasteiger partial charge in [-0.05, 0) is 24.0 Å². The summed E-state index contributed by atoms with van der Waals surface area (Å²) in [4.78, 5) is 2.23. The van der Waals surface area contributed by atoms with E-state index in [-0.39, 0.29) is 0 Å². The minimum Gasteiger partial charge on any atom is -0.377 e. The van der Waals surface area contributed by atoms with E-state index in [4.69, 9.17) is 0 Å². The smallest absolute Gasteiger partial charge is 0.0393 e. The normalized spacial score (nSPS) is 16.9. The molecule has 0 heterocycles. The summed E-state index contributed by atoms with van der Waals surface area (Å²) in [6, 6.07) is 8.81. The lowest BCUT2D eigenvalue weighted by molar-refractivity contribution is 0.546. The first-order chi connectivity index (χ1) is 7.27. The Labute approximate surface area is 93.1 Å². The first-order valence-electron chi connectivity index (χ1n) is 6.02. The topological polar surface area (TPSA) is 3.24 Å². The predicted octanol–water partition coefficient (Wildman–Crippen LogP) is 3.49. The monoisotopic (exact) mass is 203 g/mol. The summed E-state index contributed by atoms with van der Waals surface area (Å²) in [5.41, 5.74) is 2.92. The number of benzene rings is 1. The van der Waals surface area contributed by atoms with Gasteiger partial charge in [0.2, 0.25) is 0 Å². The number of rotatable bonds is 3. The fraction of sp³-hybridized carbons (Fsp3) is 0.571. The third-order valence-corrected chi connectivity index (χ3v) is 3.46. The Morgan fingerprint density at radius 3 is 2.47 bits per heavy atom. The van der Waals surface area contributed by atoms with Gasteiger partial charge in [-0.3, -0.25) is 0 Å². The van der Waals surface area contributed by atoms with Crippen LogP contribution in [0.2, 0.25) is 0 Å². The molecular weight excluding hydrogens is 182 g/mol. The molecule has 0 amide bonds. The lowest BCUT2D eigenvalue weighted by Gasteiger charge is -2.19. The molecule has 1 aliphatic rings. The molecule has 1 aromatic carbocycles. The molecule has 0 unspecified atom stereocenters. The van der Waals surface area contributed by atoms with Crippen LogP contribution in [-0.2, 0) is 6.42 Å². The van der Waals surface area contributed by atoms with Crippen molar-refractivity contribution in [3.8, 4) is 0 Å². The summed E-state index contributed by atoms with van der Waals surface area (Å²) in [5, 5.41) is 0. The van der Waals surface area contributed by atoms with Crippen molar-refractivity contribution >= 4 is 5.69 Å². The maximum Gasteiger partial charge on any atom is 0.0393 e. The highest BCUT2D eigenvalue weighted by atomic mass is 15.1. The average molecular weight is 203 g/mol. The lowest BCUT2D eigenvalue weighted by atomic mass is 9.96. The van der Waals surface area contributed by atoms with Gasteiger partial charge in [0, 0.05) is 19.8 Å². The van der Waals surface area contributed by atoms with Gasteiger partial charge in [-0.25, -0.2) is 0 Å². The van der Waals surface area contributed by atoms with Gasteiger partial charge in [-0.15, -0.1) is 0 Å². The highest BCUT2D eigenvalue weighted by molar-refractivity contribution is 5.52. The summed E-state index contributed by atoms with van der Waals surface area (Å²) in [7, 11) is 4.26. The Hall–Kier alpha value is -0.980. The Morgan fingerprint density at radius 2 is 1.80 bits per heavy atom. The van der Waals surface area contributed by atoms with Crippen molar-refractivity contribution in [2.45, 2.75) is 32.1 Å². The second-order valence-corrected chi connectivity index (χ2v) is 4.88. The number of hydrogen-bond acceptors (Lipinski definition) is 1. The van der Waals surface area contributed by atoms with Crippen LogP contribution in [0.5, 0.6) is 0 Å². The average Bonchev–Trinajstić information content (AvgIpc) is 2.71. The van der Waals surface area contributed by atoms with Crippen molar-refractivity contribution in [1.29, 1.82) is 0 Å². The van der Waals surface area contributed by atoms with Crippen molar-refractivity contribution in [3.05, 3.63) is 29.8 Å². The van der Waals surface area contributed by atoms with Crippen LogP contribution in [0.4, 0.5) is 5.69 Å². The fourth-order valence-electron chi connectivity index (χ4n) is 2.65. The molecule has 0 radical (unpaired) electrons. The Balaban J connectivity index is 2.12. The second kappa shape index (κ2) is 4.69. The Bertz CT molecular complexity index is 311. The maximum absolute atomic E-state index is 2.29. The van der Waals surface area contributed by atoms with E-state index >= 15 is 0 Å². The molecule has 0 atom stereocenters. The molecule has 0 N–H and O–H groups in total. The quantitative estimate of drug-likeness (QED) is 0.727. The first kappa shape index (κ1) is 10.5. The first-order valence-corrected chi connectivity index (χ1v) is 6.02. The highest BCUT2D eigenvalue weighted by Crippen LogP contribution is 2.30. The number of nitrogens with zero attached hydrogens (tertiary/aromatic N) is 1. The van der Waals surface area contributed by atoms with Crippen LogP contribution in [0.1, 0.15) is 31.2 Å². The molecule has 82 valence electrons. The molecule has 1 fully saturated rings. The Morgan fingerprint density at radius 1 is 1.13 bits per heavy atom. The van der Waals surface area contributed by atoms with E-state index < -0.39 is 0 Å². The molecule has 1 heteroatoms.